The average molecular weight is 390 g/mol. The summed E-state index contributed by atoms with van der Waals surface area (Å²) in [6.07, 6.45) is 9.79. The highest BCUT2D eigenvalue weighted by atomic mass is 16.1. The Morgan fingerprint density at radius 3 is 2.72 bits per heavy atom. The van der Waals surface area contributed by atoms with Crippen molar-refractivity contribution in [3.63, 3.8) is 0 Å². The largest absolute Gasteiger partial charge is 0.384 e. The number of allylic oxidation sites excluding steroid dienone is 3. The molecule has 0 saturated heterocycles. The number of nitrogens with two attached hydrogens (primary N) is 1. The van der Waals surface area contributed by atoms with Gasteiger partial charge in [0, 0.05) is 19.0 Å². The Balaban J connectivity index is 1.89. The van der Waals surface area contributed by atoms with E-state index in [4.69, 9.17) is 10.8 Å². The maximum absolute atomic E-state index is 12.9. The Morgan fingerprint density at radius 1 is 1.24 bits per heavy atom. The van der Waals surface area contributed by atoms with Gasteiger partial charge in [0.05, 0.1) is 16.6 Å². The zero-order chi connectivity index (χ0) is 20.5. The Bertz CT molecular complexity index is 1210. The van der Waals surface area contributed by atoms with E-state index in [0.717, 1.165) is 28.0 Å². The standard InChI is InChI=1S/C23H27N5O/c1-15(9-12-21(24)25-2)17-10-11-18-20(13-17)28-22(27(3)23(18)29)14-19(26-28)16-7-5-4-6-8-16/h9-14,16H,2,4-8,24H2,1,3H3/b15-9+,21-12-. The topological polar surface area (TPSA) is 77.7 Å². The van der Waals surface area contributed by atoms with Crippen LogP contribution in [0.2, 0.25) is 0 Å². The van der Waals surface area contributed by atoms with Crippen LogP contribution in [0.3, 0.4) is 0 Å². The first-order valence-electron chi connectivity index (χ1n) is 10.1. The average Bonchev–Trinajstić information content (AvgIpc) is 3.21. The van der Waals surface area contributed by atoms with E-state index >= 15 is 0 Å². The van der Waals surface area contributed by atoms with Crippen LogP contribution in [0.1, 0.15) is 56.2 Å². The number of benzene rings is 1. The Hall–Kier alpha value is -3.15. The monoisotopic (exact) mass is 389 g/mol. The molecule has 0 amide bonds. The van der Waals surface area contributed by atoms with Gasteiger partial charge in [-0.15, -0.1) is 0 Å². The molecule has 1 aromatic carbocycles. The van der Waals surface area contributed by atoms with Crippen molar-refractivity contribution in [3.05, 3.63) is 63.8 Å². The Morgan fingerprint density at radius 2 is 2.00 bits per heavy atom. The van der Waals surface area contributed by atoms with Gasteiger partial charge in [0.2, 0.25) is 0 Å². The van der Waals surface area contributed by atoms with E-state index in [0.29, 0.717) is 17.1 Å². The zero-order valence-corrected chi connectivity index (χ0v) is 17.1. The van der Waals surface area contributed by atoms with Crippen LogP contribution in [0, 0.1) is 0 Å². The van der Waals surface area contributed by atoms with Crippen molar-refractivity contribution in [1.29, 1.82) is 0 Å². The molecule has 29 heavy (non-hydrogen) atoms. The minimum atomic E-state index is -0.00391. The quantitative estimate of drug-likeness (QED) is 0.538. The van der Waals surface area contributed by atoms with Crippen LogP contribution in [-0.4, -0.2) is 20.9 Å². The zero-order valence-electron chi connectivity index (χ0n) is 17.1. The summed E-state index contributed by atoms with van der Waals surface area (Å²) in [7, 11) is 1.82. The molecule has 1 aliphatic rings. The van der Waals surface area contributed by atoms with Gasteiger partial charge in [-0.05, 0) is 55.8 Å². The van der Waals surface area contributed by atoms with E-state index in [1.807, 2.05) is 42.8 Å². The first kappa shape index (κ1) is 19.2. The number of fused-ring (bicyclic) bond motifs is 3. The number of hydrogen-bond donors (Lipinski definition) is 1. The molecule has 1 saturated carbocycles. The third-order valence-corrected chi connectivity index (χ3v) is 5.98. The van der Waals surface area contributed by atoms with E-state index in [-0.39, 0.29) is 5.56 Å². The molecule has 4 rings (SSSR count). The molecule has 1 fully saturated rings. The maximum atomic E-state index is 12.9. The highest BCUT2D eigenvalue weighted by Crippen LogP contribution is 2.32. The predicted octanol–water partition coefficient (Wildman–Crippen LogP) is 4.14. The summed E-state index contributed by atoms with van der Waals surface area (Å²) in [6.45, 7) is 5.43. The van der Waals surface area contributed by atoms with Crippen molar-refractivity contribution in [2.45, 2.75) is 44.9 Å². The van der Waals surface area contributed by atoms with E-state index in [1.54, 1.807) is 10.6 Å². The van der Waals surface area contributed by atoms with Gasteiger partial charge in [0.15, 0.2) is 0 Å². The summed E-state index contributed by atoms with van der Waals surface area (Å²) in [5, 5.41) is 5.60. The summed E-state index contributed by atoms with van der Waals surface area (Å²) < 4.78 is 3.62. The lowest BCUT2D eigenvalue weighted by molar-refractivity contribution is 0.435. The third-order valence-electron chi connectivity index (χ3n) is 5.98. The molecule has 0 spiro atoms. The molecule has 6 heteroatoms. The number of hydrogen-bond acceptors (Lipinski definition) is 4. The molecule has 2 aromatic heterocycles. The lowest BCUT2D eigenvalue weighted by atomic mass is 9.87. The fraction of sp³-hybridized carbons (Fsp3) is 0.348. The first-order chi connectivity index (χ1) is 14.0. The minimum absolute atomic E-state index is 0.00391. The summed E-state index contributed by atoms with van der Waals surface area (Å²) >= 11 is 0. The Kier molecular flexibility index (Phi) is 5.09. The van der Waals surface area contributed by atoms with Crippen LogP contribution in [0.25, 0.3) is 22.1 Å². The van der Waals surface area contributed by atoms with E-state index in [2.05, 4.69) is 17.8 Å². The van der Waals surface area contributed by atoms with Crippen LogP contribution < -0.4 is 11.3 Å². The van der Waals surface area contributed by atoms with Gasteiger partial charge in [0.1, 0.15) is 11.5 Å². The summed E-state index contributed by atoms with van der Waals surface area (Å²) in [4.78, 5) is 16.6. The second-order valence-electron chi connectivity index (χ2n) is 7.87. The highest BCUT2D eigenvalue weighted by Gasteiger charge is 2.20. The number of aromatic nitrogens is 3. The van der Waals surface area contributed by atoms with Crippen molar-refractivity contribution in [3.8, 4) is 0 Å². The fourth-order valence-electron chi connectivity index (χ4n) is 4.18. The van der Waals surface area contributed by atoms with Gasteiger partial charge in [-0.2, -0.15) is 5.10 Å². The highest BCUT2D eigenvalue weighted by molar-refractivity contribution is 5.84. The predicted molar refractivity (Wildman–Crippen MR) is 119 cm³/mol. The maximum Gasteiger partial charge on any atom is 0.261 e. The molecule has 150 valence electrons. The molecule has 0 bridgehead atoms. The van der Waals surface area contributed by atoms with E-state index in [1.165, 1.54) is 32.1 Å². The number of aryl methyl sites for hydroxylation is 1. The number of nitrogens with zero attached hydrogens (tertiary/aromatic N) is 4. The van der Waals surface area contributed by atoms with Crippen molar-refractivity contribution in [2.24, 2.45) is 17.8 Å². The minimum Gasteiger partial charge on any atom is -0.384 e. The molecule has 0 unspecified atom stereocenters. The molecule has 0 radical (unpaired) electrons. The summed E-state index contributed by atoms with van der Waals surface area (Å²) in [6, 6.07) is 7.95. The molecule has 0 aliphatic heterocycles. The van der Waals surface area contributed by atoms with Crippen LogP contribution >= 0.6 is 0 Å². The molecule has 0 atom stereocenters. The molecular weight excluding hydrogens is 362 g/mol. The number of rotatable bonds is 4. The van der Waals surface area contributed by atoms with Crippen molar-refractivity contribution in [2.75, 3.05) is 0 Å². The van der Waals surface area contributed by atoms with Crippen molar-refractivity contribution < 1.29 is 0 Å². The van der Waals surface area contributed by atoms with Gasteiger partial charge in [-0.25, -0.2) is 9.51 Å². The SMILES string of the molecule is C=N/C(N)=C\C=C(/C)c1ccc2c(=O)n(C)c3cc(C4CCCCC4)nn3c2c1. The van der Waals surface area contributed by atoms with Gasteiger partial charge >= 0.3 is 0 Å². The molecule has 2 N–H and O–H groups in total. The smallest absolute Gasteiger partial charge is 0.261 e. The van der Waals surface area contributed by atoms with Crippen LogP contribution in [0.4, 0.5) is 0 Å². The van der Waals surface area contributed by atoms with Crippen LogP contribution in [0.15, 0.2) is 52.0 Å². The molecule has 3 aromatic rings. The lowest BCUT2D eigenvalue weighted by Crippen LogP contribution is -2.19. The summed E-state index contributed by atoms with van der Waals surface area (Å²) in [5.74, 6) is 0.851. The van der Waals surface area contributed by atoms with Crippen molar-refractivity contribution in [1.82, 2.24) is 14.2 Å². The molecule has 2 heterocycles. The van der Waals surface area contributed by atoms with Crippen LogP contribution in [-0.2, 0) is 7.05 Å². The second-order valence-corrected chi connectivity index (χ2v) is 7.87. The molecular formula is C23H27N5O. The Labute approximate surface area is 170 Å². The van der Waals surface area contributed by atoms with Gasteiger partial charge < -0.3 is 5.73 Å². The summed E-state index contributed by atoms with van der Waals surface area (Å²) in [5.41, 5.74) is 10.5. The third kappa shape index (κ3) is 3.50. The van der Waals surface area contributed by atoms with Gasteiger partial charge in [-0.3, -0.25) is 9.36 Å². The van der Waals surface area contributed by atoms with E-state index in [9.17, 15) is 4.79 Å². The first-order valence-corrected chi connectivity index (χ1v) is 10.1. The molecule has 1 aliphatic carbocycles. The van der Waals surface area contributed by atoms with Gasteiger partial charge in [0.25, 0.3) is 5.56 Å². The second kappa shape index (κ2) is 7.70. The van der Waals surface area contributed by atoms with E-state index < -0.39 is 0 Å². The fourth-order valence-corrected chi connectivity index (χ4v) is 4.18. The number of aliphatic imine (C=N–C) groups is 1. The normalized spacial score (nSPS) is 16.6. The molecule has 6 nitrogen and oxygen atoms in total. The van der Waals surface area contributed by atoms with Crippen molar-refractivity contribution >= 4 is 28.8 Å². The lowest BCUT2D eigenvalue weighted by Gasteiger charge is -2.19. The van der Waals surface area contributed by atoms with Gasteiger partial charge in [-0.1, -0.05) is 31.4 Å². The van der Waals surface area contributed by atoms with Crippen LogP contribution in [0.5, 0.6) is 0 Å².